The maximum absolute atomic E-state index is 12.2. The molecule has 0 aliphatic rings. The highest BCUT2D eigenvalue weighted by Gasteiger charge is 2.17. The van der Waals surface area contributed by atoms with E-state index in [0.29, 0.717) is 11.5 Å². The Morgan fingerprint density at radius 2 is 1.86 bits per heavy atom. The zero-order valence-electron chi connectivity index (χ0n) is 12.8. The third-order valence-electron chi connectivity index (χ3n) is 3.61. The summed E-state index contributed by atoms with van der Waals surface area (Å²) in [5.74, 6) is -0.681. The summed E-state index contributed by atoms with van der Waals surface area (Å²) in [6.07, 6.45) is 0. The number of furan rings is 1. The number of carbonyl (C=O) groups is 2. The van der Waals surface area contributed by atoms with E-state index in [1.807, 2.05) is 38.1 Å². The summed E-state index contributed by atoms with van der Waals surface area (Å²) in [4.78, 5) is 23.1. The van der Waals surface area contributed by atoms with Crippen molar-refractivity contribution in [2.24, 2.45) is 0 Å². The summed E-state index contributed by atoms with van der Waals surface area (Å²) >= 11 is 0. The van der Waals surface area contributed by atoms with Gasteiger partial charge in [-0.3, -0.25) is 4.79 Å². The van der Waals surface area contributed by atoms with Crippen molar-refractivity contribution in [3.8, 4) is 0 Å². The Hall–Kier alpha value is -2.56. The molecule has 0 unspecified atom stereocenters. The van der Waals surface area contributed by atoms with Crippen LogP contribution in [0.2, 0.25) is 0 Å². The number of carboxylic acid groups (broad SMARTS) is 1. The number of aryl methyl sites for hydroxylation is 2. The molecule has 1 heterocycles. The summed E-state index contributed by atoms with van der Waals surface area (Å²) in [7, 11) is 0. The molecule has 5 heteroatoms. The fourth-order valence-corrected chi connectivity index (χ4v) is 2.18. The van der Waals surface area contributed by atoms with Crippen molar-refractivity contribution in [1.82, 2.24) is 5.32 Å². The van der Waals surface area contributed by atoms with E-state index in [1.54, 1.807) is 6.92 Å². The van der Waals surface area contributed by atoms with Gasteiger partial charge in [-0.1, -0.05) is 29.8 Å². The standard InChI is InChI=1S/C17H19NO4/c1-10-4-6-13(7-5-10)11(2)16(19)18-9-14-8-15(17(20)21)12(3)22-14/h4-8,11H,9H2,1-3H3,(H,18,19)(H,20,21)/t11-/m1/s1. The lowest BCUT2D eigenvalue weighted by Crippen LogP contribution is -2.27. The second-order valence-electron chi connectivity index (χ2n) is 5.34. The van der Waals surface area contributed by atoms with Gasteiger partial charge in [0.15, 0.2) is 0 Å². The minimum Gasteiger partial charge on any atom is -0.478 e. The molecular formula is C17H19NO4. The van der Waals surface area contributed by atoms with Crippen molar-refractivity contribution in [1.29, 1.82) is 0 Å². The normalized spacial score (nSPS) is 12.0. The quantitative estimate of drug-likeness (QED) is 0.889. The van der Waals surface area contributed by atoms with E-state index in [1.165, 1.54) is 6.07 Å². The molecule has 5 nitrogen and oxygen atoms in total. The fourth-order valence-electron chi connectivity index (χ4n) is 2.18. The van der Waals surface area contributed by atoms with Gasteiger partial charge < -0.3 is 14.8 Å². The van der Waals surface area contributed by atoms with Gasteiger partial charge in [0.1, 0.15) is 17.1 Å². The number of carbonyl (C=O) groups excluding carboxylic acids is 1. The molecule has 0 radical (unpaired) electrons. The molecule has 1 aromatic carbocycles. The number of amides is 1. The molecule has 1 atom stereocenters. The SMILES string of the molecule is Cc1ccc([C@@H](C)C(=O)NCc2cc(C(=O)O)c(C)o2)cc1. The molecule has 116 valence electrons. The third-order valence-corrected chi connectivity index (χ3v) is 3.61. The number of carboxylic acids is 1. The lowest BCUT2D eigenvalue weighted by atomic mass is 9.99. The number of hydrogen-bond acceptors (Lipinski definition) is 3. The average molecular weight is 301 g/mol. The van der Waals surface area contributed by atoms with E-state index >= 15 is 0 Å². The van der Waals surface area contributed by atoms with Gasteiger partial charge in [-0.15, -0.1) is 0 Å². The Bertz CT molecular complexity index is 685. The molecule has 1 amide bonds. The van der Waals surface area contributed by atoms with Gasteiger partial charge in [0.25, 0.3) is 0 Å². The zero-order valence-corrected chi connectivity index (χ0v) is 12.8. The maximum Gasteiger partial charge on any atom is 0.339 e. The lowest BCUT2D eigenvalue weighted by molar-refractivity contribution is -0.122. The Labute approximate surface area is 129 Å². The Balaban J connectivity index is 1.99. The van der Waals surface area contributed by atoms with Crippen molar-refractivity contribution in [3.63, 3.8) is 0 Å². The van der Waals surface area contributed by atoms with Crippen LogP contribution in [-0.2, 0) is 11.3 Å². The molecule has 0 saturated heterocycles. The van der Waals surface area contributed by atoms with E-state index in [0.717, 1.165) is 11.1 Å². The van der Waals surface area contributed by atoms with E-state index < -0.39 is 5.97 Å². The first-order valence-corrected chi connectivity index (χ1v) is 7.05. The molecule has 0 bridgehead atoms. The smallest absolute Gasteiger partial charge is 0.339 e. The molecule has 0 aliphatic heterocycles. The van der Waals surface area contributed by atoms with Gasteiger partial charge in [-0.05, 0) is 32.4 Å². The summed E-state index contributed by atoms with van der Waals surface area (Å²) in [6.45, 7) is 5.58. The molecule has 2 rings (SSSR count). The summed E-state index contributed by atoms with van der Waals surface area (Å²) in [5, 5.41) is 11.7. The van der Waals surface area contributed by atoms with Gasteiger partial charge >= 0.3 is 5.97 Å². The monoisotopic (exact) mass is 301 g/mol. The van der Waals surface area contributed by atoms with Crippen LogP contribution in [0, 0.1) is 13.8 Å². The fraction of sp³-hybridized carbons (Fsp3) is 0.294. The highest BCUT2D eigenvalue weighted by atomic mass is 16.4. The second kappa shape index (κ2) is 6.47. The number of hydrogen-bond donors (Lipinski definition) is 2. The van der Waals surface area contributed by atoms with E-state index in [9.17, 15) is 9.59 Å². The molecule has 0 fully saturated rings. The van der Waals surface area contributed by atoms with Crippen LogP contribution >= 0.6 is 0 Å². The number of benzene rings is 1. The van der Waals surface area contributed by atoms with Crippen molar-refractivity contribution in [3.05, 3.63) is 58.5 Å². The minimum atomic E-state index is -1.04. The average Bonchev–Trinajstić information content (AvgIpc) is 2.86. The van der Waals surface area contributed by atoms with Crippen molar-refractivity contribution < 1.29 is 19.1 Å². The maximum atomic E-state index is 12.2. The predicted octanol–water partition coefficient (Wildman–Crippen LogP) is 3.01. The number of aromatic carboxylic acids is 1. The Kier molecular flexibility index (Phi) is 4.65. The van der Waals surface area contributed by atoms with E-state index in [-0.39, 0.29) is 23.9 Å². The predicted molar refractivity (Wildman–Crippen MR) is 81.8 cm³/mol. The van der Waals surface area contributed by atoms with E-state index in [2.05, 4.69) is 5.32 Å². The van der Waals surface area contributed by atoms with Crippen LogP contribution < -0.4 is 5.32 Å². The van der Waals surface area contributed by atoms with Crippen molar-refractivity contribution >= 4 is 11.9 Å². The van der Waals surface area contributed by atoms with Crippen molar-refractivity contribution in [2.45, 2.75) is 33.2 Å². The van der Waals surface area contributed by atoms with Crippen LogP contribution in [0.25, 0.3) is 0 Å². The topological polar surface area (TPSA) is 79.5 Å². The summed E-state index contributed by atoms with van der Waals surface area (Å²) in [6, 6.07) is 9.23. The second-order valence-corrected chi connectivity index (χ2v) is 5.34. The van der Waals surface area contributed by atoms with Crippen LogP contribution in [0.4, 0.5) is 0 Å². The first kappa shape index (κ1) is 15.8. The highest BCUT2D eigenvalue weighted by Crippen LogP contribution is 2.17. The first-order valence-electron chi connectivity index (χ1n) is 7.05. The number of nitrogens with one attached hydrogen (secondary N) is 1. The van der Waals surface area contributed by atoms with Gasteiger partial charge in [-0.25, -0.2) is 4.79 Å². The van der Waals surface area contributed by atoms with Gasteiger partial charge in [0.05, 0.1) is 12.5 Å². The van der Waals surface area contributed by atoms with Crippen LogP contribution in [0.5, 0.6) is 0 Å². The van der Waals surface area contributed by atoms with Crippen LogP contribution in [0.3, 0.4) is 0 Å². The summed E-state index contributed by atoms with van der Waals surface area (Å²) < 4.78 is 5.33. The molecule has 1 aromatic heterocycles. The molecular weight excluding hydrogens is 282 g/mol. The minimum absolute atomic E-state index is 0.121. The summed E-state index contributed by atoms with van der Waals surface area (Å²) in [5.41, 5.74) is 2.20. The third kappa shape index (κ3) is 3.55. The van der Waals surface area contributed by atoms with Gasteiger partial charge in [0.2, 0.25) is 5.91 Å². The molecule has 0 spiro atoms. The molecule has 0 saturated carbocycles. The Morgan fingerprint density at radius 1 is 1.23 bits per heavy atom. The van der Waals surface area contributed by atoms with Gasteiger partial charge in [0, 0.05) is 0 Å². The van der Waals surface area contributed by atoms with E-state index in [4.69, 9.17) is 9.52 Å². The van der Waals surface area contributed by atoms with Crippen LogP contribution in [0.1, 0.15) is 45.8 Å². The zero-order chi connectivity index (χ0) is 16.3. The first-order chi connectivity index (χ1) is 10.4. The largest absolute Gasteiger partial charge is 0.478 e. The van der Waals surface area contributed by atoms with Gasteiger partial charge in [-0.2, -0.15) is 0 Å². The van der Waals surface area contributed by atoms with Crippen LogP contribution in [-0.4, -0.2) is 17.0 Å². The Morgan fingerprint density at radius 3 is 2.41 bits per heavy atom. The lowest BCUT2D eigenvalue weighted by Gasteiger charge is -2.12. The molecule has 2 N–H and O–H groups in total. The molecule has 0 aliphatic carbocycles. The highest BCUT2D eigenvalue weighted by molar-refractivity contribution is 5.89. The van der Waals surface area contributed by atoms with Crippen molar-refractivity contribution in [2.75, 3.05) is 0 Å². The number of rotatable bonds is 5. The molecule has 22 heavy (non-hydrogen) atoms. The van der Waals surface area contributed by atoms with Crippen LogP contribution in [0.15, 0.2) is 34.7 Å². The molecule has 2 aromatic rings.